The van der Waals surface area contributed by atoms with Gasteiger partial charge in [-0.25, -0.2) is 4.79 Å². The predicted octanol–water partition coefficient (Wildman–Crippen LogP) is -0.431. The normalized spacial score (nSPS) is 10.9. The van der Waals surface area contributed by atoms with Gasteiger partial charge < -0.3 is 16.2 Å². The maximum atomic E-state index is 11.6. The zero-order chi connectivity index (χ0) is 13.7. The molecule has 5 N–H and O–H groups in total. The number of nitrogen functional groups attached to an aromatic ring is 1. The summed E-state index contributed by atoms with van der Waals surface area (Å²) >= 11 is 0. The zero-order valence-electron chi connectivity index (χ0n) is 10.7. The van der Waals surface area contributed by atoms with Gasteiger partial charge in [-0.15, -0.1) is 0 Å². The van der Waals surface area contributed by atoms with E-state index in [4.69, 9.17) is 10.8 Å². The Morgan fingerprint density at radius 2 is 2.11 bits per heavy atom. The van der Waals surface area contributed by atoms with E-state index in [1.54, 1.807) is 0 Å². The molecular weight excluding hydrogens is 236 g/mol. The molecule has 0 saturated carbocycles. The lowest BCUT2D eigenvalue weighted by Crippen LogP contribution is -2.35. The van der Waals surface area contributed by atoms with Gasteiger partial charge in [-0.05, 0) is 12.3 Å². The average Bonchev–Trinajstić information content (AvgIpc) is 2.28. The maximum Gasteiger partial charge on any atom is 0.330 e. The molecule has 0 bridgehead atoms. The van der Waals surface area contributed by atoms with E-state index >= 15 is 0 Å². The molecule has 0 radical (unpaired) electrons. The van der Waals surface area contributed by atoms with E-state index in [0.29, 0.717) is 19.5 Å². The molecule has 1 aromatic heterocycles. The van der Waals surface area contributed by atoms with Crippen molar-refractivity contribution >= 4 is 11.5 Å². The Bertz CT molecular complexity index is 504. The summed E-state index contributed by atoms with van der Waals surface area (Å²) in [6.45, 7) is 4.79. The summed E-state index contributed by atoms with van der Waals surface area (Å²) in [7, 11) is 0. The molecule has 0 unspecified atom stereocenters. The van der Waals surface area contributed by atoms with E-state index in [2.05, 4.69) is 10.3 Å². The van der Waals surface area contributed by atoms with Crippen molar-refractivity contribution in [2.24, 2.45) is 5.92 Å². The van der Waals surface area contributed by atoms with Crippen LogP contribution in [0.3, 0.4) is 0 Å². The molecule has 0 atom stereocenters. The fourth-order valence-electron chi connectivity index (χ4n) is 1.60. The molecule has 0 amide bonds. The molecule has 1 heterocycles. The van der Waals surface area contributed by atoms with Crippen molar-refractivity contribution in [1.29, 1.82) is 0 Å². The first-order valence-corrected chi connectivity index (χ1v) is 5.94. The summed E-state index contributed by atoms with van der Waals surface area (Å²) in [6.07, 6.45) is 0.502. The number of H-pyrrole nitrogens is 1. The number of aromatic amines is 1. The number of aromatic nitrogens is 2. The predicted molar refractivity (Wildman–Crippen MR) is 70.8 cm³/mol. The molecule has 1 aromatic rings. The molecule has 7 nitrogen and oxygen atoms in total. The standard InChI is InChI=1S/C11H20N4O3/c1-7(2)6-15-9(12)8(13-4-3-5-16)10(17)14-11(15)18/h7,13,16H,3-6,12H2,1-2H3,(H,14,17,18). The Morgan fingerprint density at radius 1 is 1.44 bits per heavy atom. The van der Waals surface area contributed by atoms with Crippen LogP contribution in [-0.2, 0) is 6.54 Å². The third-order valence-electron chi connectivity index (χ3n) is 2.42. The Kier molecular flexibility index (Phi) is 4.96. The molecule has 0 spiro atoms. The van der Waals surface area contributed by atoms with Crippen LogP contribution in [0.15, 0.2) is 9.59 Å². The van der Waals surface area contributed by atoms with Gasteiger partial charge >= 0.3 is 5.69 Å². The molecule has 0 fully saturated rings. The Hall–Kier alpha value is -1.76. The second kappa shape index (κ2) is 6.25. The molecule has 1 rings (SSSR count). The SMILES string of the molecule is CC(C)Cn1c(N)c(NCCCO)c(=O)[nH]c1=O. The first kappa shape index (κ1) is 14.3. The molecule has 0 aliphatic heterocycles. The lowest BCUT2D eigenvalue weighted by Gasteiger charge is -2.15. The fourth-order valence-corrected chi connectivity index (χ4v) is 1.60. The van der Waals surface area contributed by atoms with E-state index in [9.17, 15) is 9.59 Å². The van der Waals surface area contributed by atoms with Crippen LogP contribution in [0.5, 0.6) is 0 Å². The number of nitrogens with two attached hydrogens (primary N) is 1. The lowest BCUT2D eigenvalue weighted by molar-refractivity contribution is 0.292. The highest BCUT2D eigenvalue weighted by molar-refractivity contribution is 5.60. The van der Waals surface area contributed by atoms with Crippen molar-refractivity contribution in [1.82, 2.24) is 9.55 Å². The van der Waals surface area contributed by atoms with Gasteiger partial charge in [-0.3, -0.25) is 14.3 Å². The average molecular weight is 256 g/mol. The van der Waals surface area contributed by atoms with E-state index < -0.39 is 11.2 Å². The van der Waals surface area contributed by atoms with Crippen LogP contribution in [-0.4, -0.2) is 27.8 Å². The summed E-state index contributed by atoms with van der Waals surface area (Å²) < 4.78 is 1.34. The van der Waals surface area contributed by atoms with Crippen molar-refractivity contribution < 1.29 is 5.11 Å². The Morgan fingerprint density at radius 3 is 2.67 bits per heavy atom. The highest BCUT2D eigenvalue weighted by Crippen LogP contribution is 2.11. The van der Waals surface area contributed by atoms with Gasteiger partial charge in [0.15, 0.2) is 0 Å². The third kappa shape index (κ3) is 3.36. The number of hydrogen-bond donors (Lipinski definition) is 4. The summed E-state index contributed by atoms with van der Waals surface area (Å²) in [5.74, 6) is 0.372. The first-order chi connectivity index (χ1) is 8.47. The molecular formula is C11H20N4O3. The van der Waals surface area contributed by atoms with Crippen molar-refractivity contribution in [2.45, 2.75) is 26.8 Å². The van der Waals surface area contributed by atoms with Crippen LogP contribution in [0, 0.1) is 5.92 Å². The van der Waals surface area contributed by atoms with Gasteiger partial charge in [0.1, 0.15) is 11.5 Å². The maximum absolute atomic E-state index is 11.6. The topological polar surface area (TPSA) is 113 Å². The minimum atomic E-state index is -0.532. The Balaban J connectivity index is 3.10. The van der Waals surface area contributed by atoms with E-state index in [0.717, 1.165) is 0 Å². The van der Waals surface area contributed by atoms with Gasteiger partial charge in [0.2, 0.25) is 0 Å². The highest BCUT2D eigenvalue weighted by Gasteiger charge is 2.12. The number of anilines is 2. The van der Waals surface area contributed by atoms with Crippen molar-refractivity contribution in [3.63, 3.8) is 0 Å². The minimum absolute atomic E-state index is 0.0242. The molecule has 102 valence electrons. The molecule has 18 heavy (non-hydrogen) atoms. The van der Waals surface area contributed by atoms with Crippen LogP contribution in [0.4, 0.5) is 11.5 Å². The number of rotatable bonds is 6. The molecule has 0 saturated heterocycles. The van der Waals surface area contributed by atoms with E-state index in [1.807, 2.05) is 13.8 Å². The highest BCUT2D eigenvalue weighted by atomic mass is 16.3. The van der Waals surface area contributed by atoms with Gasteiger partial charge in [0, 0.05) is 19.7 Å². The minimum Gasteiger partial charge on any atom is -0.396 e. The quantitative estimate of drug-likeness (QED) is 0.516. The van der Waals surface area contributed by atoms with Gasteiger partial charge in [0.25, 0.3) is 5.56 Å². The third-order valence-corrected chi connectivity index (χ3v) is 2.42. The van der Waals surface area contributed by atoms with Crippen LogP contribution in [0.2, 0.25) is 0 Å². The molecule has 7 heteroatoms. The number of nitrogens with one attached hydrogen (secondary N) is 2. The van der Waals surface area contributed by atoms with Gasteiger partial charge in [-0.1, -0.05) is 13.8 Å². The Labute approximate surface area is 105 Å². The van der Waals surface area contributed by atoms with Crippen LogP contribution >= 0.6 is 0 Å². The molecule has 0 aliphatic rings. The molecule has 0 aromatic carbocycles. The van der Waals surface area contributed by atoms with Crippen molar-refractivity contribution in [3.8, 4) is 0 Å². The van der Waals surface area contributed by atoms with E-state index in [-0.39, 0.29) is 24.0 Å². The summed E-state index contributed by atoms with van der Waals surface area (Å²) in [5.41, 5.74) is 4.98. The smallest absolute Gasteiger partial charge is 0.330 e. The second-order valence-electron chi connectivity index (χ2n) is 4.53. The summed E-state index contributed by atoms with van der Waals surface area (Å²) in [5, 5.41) is 11.5. The van der Waals surface area contributed by atoms with Crippen LogP contribution in [0.25, 0.3) is 0 Å². The monoisotopic (exact) mass is 256 g/mol. The fraction of sp³-hybridized carbons (Fsp3) is 0.636. The number of nitrogens with zero attached hydrogens (tertiary/aromatic N) is 1. The number of aliphatic hydroxyl groups excluding tert-OH is 1. The second-order valence-corrected chi connectivity index (χ2v) is 4.53. The van der Waals surface area contributed by atoms with Crippen LogP contribution in [0.1, 0.15) is 20.3 Å². The summed E-state index contributed by atoms with van der Waals surface area (Å²) in [6, 6.07) is 0. The largest absolute Gasteiger partial charge is 0.396 e. The molecule has 0 aliphatic carbocycles. The lowest BCUT2D eigenvalue weighted by atomic mass is 10.2. The van der Waals surface area contributed by atoms with Crippen molar-refractivity contribution in [2.75, 3.05) is 24.2 Å². The van der Waals surface area contributed by atoms with E-state index in [1.165, 1.54) is 4.57 Å². The van der Waals surface area contributed by atoms with Crippen molar-refractivity contribution in [3.05, 3.63) is 20.8 Å². The number of aliphatic hydroxyl groups is 1. The number of hydrogen-bond acceptors (Lipinski definition) is 5. The first-order valence-electron chi connectivity index (χ1n) is 5.94. The van der Waals surface area contributed by atoms with Gasteiger partial charge in [-0.2, -0.15) is 0 Å². The van der Waals surface area contributed by atoms with Crippen LogP contribution < -0.4 is 22.3 Å². The summed E-state index contributed by atoms with van der Waals surface area (Å²) in [4.78, 5) is 25.5. The zero-order valence-corrected chi connectivity index (χ0v) is 10.7. The van der Waals surface area contributed by atoms with Gasteiger partial charge in [0.05, 0.1) is 0 Å².